The van der Waals surface area contributed by atoms with Crippen LogP contribution in [0, 0.1) is 0 Å². The Morgan fingerprint density at radius 2 is 1.89 bits per heavy atom. The van der Waals surface area contributed by atoms with Crippen molar-refractivity contribution in [2.45, 2.75) is 33.1 Å². The molecule has 2 rings (SSSR count). The van der Waals surface area contributed by atoms with Gasteiger partial charge in [0.05, 0.1) is 6.20 Å². The number of nitrogens with zero attached hydrogens (tertiary/aromatic N) is 1. The second kappa shape index (κ2) is 7.10. The van der Waals surface area contributed by atoms with Gasteiger partial charge in [0, 0.05) is 18.5 Å². The van der Waals surface area contributed by atoms with Crippen molar-refractivity contribution in [2.24, 2.45) is 0 Å². The van der Waals surface area contributed by atoms with E-state index in [1.165, 1.54) is 5.56 Å². The SMILES string of the molecule is CCCNCCc1ncc(-c2ccc(CC)cc2)o1. The van der Waals surface area contributed by atoms with Crippen molar-refractivity contribution in [2.75, 3.05) is 13.1 Å². The van der Waals surface area contributed by atoms with Crippen LogP contribution in [0.4, 0.5) is 0 Å². The molecule has 1 heterocycles. The standard InChI is InChI=1S/C16H22N2O/c1-3-10-17-11-9-16-18-12-15(19-16)14-7-5-13(4-2)6-8-14/h5-8,12,17H,3-4,9-11H2,1-2H3. The van der Waals surface area contributed by atoms with Crippen molar-refractivity contribution >= 4 is 0 Å². The van der Waals surface area contributed by atoms with E-state index in [0.717, 1.165) is 49.6 Å². The number of nitrogens with one attached hydrogen (secondary N) is 1. The molecule has 0 aliphatic carbocycles. The van der Waals surface area contributed by atoms with Crippen LogP contribution < -0.4 is 5.32 Å². The predicted octanol–water partition coefficient (Wildman–Crippen LogP) is 3.45. The minimum absolute atomic E-state index is 0.804. The van der Waals surface area contributed by atoms with Gasteiger partial charge in [-0.2, -0.15) is 0 Å². The quantitative estimate of drug-likeness (QED) is 0.773. The molecule has 0 aliphatic rings. The number of aryl methyl sites for hydroxylation is 1. The van der Waals surface area contributed by atoms with E-state index in [1.54, 1.807) is 0 Å². The molecular formula is C16H22N2O. The number of oxazole rings is 1. The van der Waals surface area contributed by atoms with Crippen LogP contribution >= 0.6 is 0 Å². The maximum atomic E-state index is 5.77. The first-order chi connectivity index (χ1) is 9.33. The average Bonchev–Trinajstić information content (AvgIpc) is 2.92. The molecule has 0 radical (unpaired) electrons. The molecule has 0 aliphatic heterocycles. The molecule has 1 aromatic heterocycles. The first-order valence-corrected chi connectivity index (χ1v) is 7.08. The first kappa shape index (κ1) is 13.8. The maximum Gasteiger partial charge on any atom is 0.196 e. The van der Waals surface area contributed by atoms with Gasteiger partial charge in [0.15, 0.2) is 11.7 Å². The van der Waals surface area contributed by atoms with Gasteiger partial charge in [0.2, 0.25) is 0 Å². The Balaban J connectivity index is 1.95. The number of rotatable bonds is 7. The number of hydrogen-bond acceptors (Lipinski definition) is 3. The van der Waals surface area contributed by atoms with Gasteiger partial charge < -0.3 is 9.73 Å². The van der Waals surface area contributed by atoms with Crippen LogP contribution in [0.15, 0.2) is 34.9 Å². The second-order valence-corrected chi connectivity index (χ2v) is 4.67. The number of benzene rings is 1. The van der Waals surface area contributed by atoms with E-state index in [4.69, 9.17) is 4.42 Å². The second-order valence-electron chi connectivity index (χ2n) is 4.67. The Bertz CT molecular complexity index is 488. The van der Waals surface area contributed by atoms with Crippen LogP contribution in [0.3, 0.4) is 0 Å². The Morgan fingerprint density at radius 1 is 1.11 bits per heavy atom. The average molecular weight is 258 g/mol. The summed E-state index contributed by atoms with van der Waals surface area (Å²) in [7, 11) is 0. The molecule has 0 amide bonds. The lowest BCUT2D eigenvalue weighted by Gasteiger charge is -2.00. The highest BCUT2D eigenvalue weighted by molar-refractivity contribution is 5.56. The summed E-state index contributed by atoms with van der Waals surface area (Å²) in [6.07, 6.45) is 4.87. The summed E-state index contributed by atoms with van der Waals surface area (Å²) in [6, 6.07) is 8.47. The lowest BCUT2D eigenvalue weighted by molar-refractivity contribution is 0.495. The largest absolute Gasteiger partial charge is 0.441 e. The summed E-state index contributed by atoms with van der Waals surface area (Å²) >= 11 is 0. The van der Waals surface area contributed by atoms with E-state index >= 15 is 0 Å². The monoisotopic (exact) mass is 258 g/mol. The summed E-state index contributed by atoms with van der Waals surface area (Å²) in [5.74, 6) is 1.66. The highest BCUT2D eigenvalue weighted by atomic mass is 16.4. The first-order valence-electron chi connectivity index (χ1n) is 7.08. The van der Waals surface area contributed by atoms with E-state index in [0.29, 0.717) is 0 Å². The van der Waals surface area contributed by atoms with Gasteiger partial charge in [-0.25, -0.2) is 4.98 Å². The van der Waals surface area contributed by atoms with E-state index in [-0.39, 0.29) is 0 Å². The van der Waals surface area contributed by atoms with Crippen molar-refractivity contribution in [1.29, 1.82) is 0 Å². The molecule has 2 aromatic rings. The molecule has 0 saturated carbocycles. The minimum atomic E-state index is 0.804. The fraction of sp³-hybridized carbons (Fsp3) is 0.438. The van der Waals surface area contributed by atoms with E-state index in [2.05, 4.69) is 48.4 Å². The Labute approximate surface area is 115 Å². The number of hydrogen-bond donors (Lipinski definition) is 1. The van der Waals surface area contributed by atoms with Crippen LogP contribution in [0.2, 0.25) is 0 Å². The molecule has 1 N–H and O–H groups in total. The predicted molar refractivity (Wildman–Crippen MR) is 78.2 cm³/mol. The van der Waals surface area contributed by atoms with Crippen molar-refractivity contribution in [3.8, 4) is 11.3 Å². The molecule has 19 heavy (non-hydrogen) atoms. The molecule has 1 aromatic carbocycles. The Kier molecular flexibility index (Phi) is 5.16. The maximum absolute atomic E-state index is 5.77. The van der Waals surface area contributed by atoms with Crippen LogP contribution in [-0.4, -0.2) is 18.1 Å². The molecule has 0 spiro atoms. The summed E-state index contributed by atoms with van der Waals surface area (Å²) in [4.78, 5) is 4.33. The van der Waals surface area contributed by atoms with Gasteiger partial charge in [-0.1, -0.05) is 38.1 Å². The molecule has 0 atom stereocenters. The van der Waals surface area contributed by atoms with Gasteiger partial charge in [-0.3, -0.25) is 0 Å². The highest BCUT2D eigenvalue weighted by Crippen LogP contribution is 2.21. The normalized spacial score (nSPS) is 10.8. The van der Waals surface area contributed by atoms with Crippen molar-refractivity contribution in [3.63, 3.8) is 0 Å². The van der Waals surface area contributed by atoms with Crippen LogP contribution in [0.5, 0.6) is 0 Å². The van der Waals surface area contributed by atoms with Gasteiger partial charge in [0.1, 0.15) is 0 Å². The molecule has 3 heteroatoms. The molecule has 0 bridgehead atoms. The van der Waals surface area contributed by atoms with Crippen molar-refractivity contribution < 1.29 is 4.42 Å². The fourth-order valence-corrected chi connectivity index (χ4v) is 1.96. The highest BCUT2D eigenvalue weighted by Gasteiger charge is 2.05. The fourth-order valence-electron chi connectivity index (χ4n) is 1.96. The van der Waals surface area contributed by atoms with Gasteiger partial charge in [-0.05, 0) is 24.9 Å². The van der Waals surface area contributed by atoms with Gasteiger partial charge in [0.25, 0.3) is 0 Å². The zero-order valence-corrected chi connectivity index (χ0v) is 11.8. The van der Waals surface area contributed by atoms with Gasteiger partial charge >= 0.3 is 0 Å². The summed E-state index contributed by atoms with van der Waals surface area (Å²) in [5.41, 5.74) is 2.43. The van der Waals surface area contributed by atoms with E-state index < -0.39 is 0 Å². The van der Waals surface area contributed by atoms with Crippen molar-refractivity contribution in [1.82, 2.24) is 10.3 Å². The van der Waals surface area contributed by atoms with Crippen molar-refractivity contribution in [3.05, 3.63) is 41.9 Å². The van der Waals surface area contributed by atoms with Gasteiger partial charge in [-0.15, -0.1) is 0 Å². The summed E-state index contributed by atoms with van der Waals surface area (Å²) in [6.45, 7) is 6.29. The van der Waals surface area contributed by atoms with E-state index in [1.807, 2.05) is 6.20 Å². The van der Waals surface area contributed by atoms with E-state index in [9.17, 15) is 0 Å². The lowest BCUT2D eigenvalue weighted by Crippen LogP contribution is -2.17. The molecule has 0 saturated heterocycles. The third-order valence-electron chi connectivity index (χ3n) is 3.14. The molecule has 3 nitrogen and oxygen atoms in total. The molecule has 102 valence electrons. The lowest BCUT2D eigenvalue weighted by atomic mass is 10.1. The third-order valence-corrected chi connectivity index (χ3v) is 3.14. The Morgan fingerprint density at radius 3 is 2.58 bits per heavy atom. The summed E-state index contributed by atoms with van der Waals surface area (Å²) in [5, 5.41) is 3.35. The minimum Gasteiger partial charge on any atom is -0.441 e. The molecular weight excluding hydrogens is 236 g/mol. The van der Waals surface area contributed by atoms with Crippen LogP contribution in [-0.2, 0) is 12.8 Å². The molecule has 0 unspecified atom stereocenters. The molecule has 0 fully saturated rings. The third kappa shape index (κ3) is 3.93. The zero-order valence-electron chi connectivity index (χ0n) is 11.8. The smallest absolute Gasteiger partial charge is 0.196 e. The number of aromatic nitrogens is 1. The topological polar surface area (TPSA) is 38.1 Å². The Hall–Kier alpha value is -1.61. The van der Waals surface area contributed by atoms with Crippen LogP contribution in [0.25, 0.3) is 11.3 Å². The zero-order chi connectivity index (χ0) is 13.5. The summed E-state index contributed by atoms with van der Waals surface area (Å²) < 4.78 is 5.77. The van der Waals surface area contributed by atoms with Crippen LogP contribution in [0.1, 0.15) is 31.7 Å².